The van der Waals surface area contributed by atoms with E-state index in [1.165, 1.54) is 6.92 Å². The van der Waals surface area contributed by atoms with E-state index in [9.17, 15) is 9.59 Å². The van der Waals surface area contributed by atoms with Crippen molar-refractivity contribution >= 4 is 39.7 Å². The van der Waals surface area contributed by atoms with Crippen LogP contribution < -0.4 is 5.32 Å². The highest BCUT2D eigenvalue weighted by Crippen LogP contribution is 2.30. The number of Topliss-reactive ketones (excluding diaryl/α,β-unsaturated/α-hetero) is 1. The van der Waals surface area contributed by atoms with Crippen molar-refractivity contribution in [2.45, 2.75) is 13.8 Å². The van der Waals surface area contributed by atoms with Crippen molar-refractivity contribution in [1.82, 2.24) is 14.8 Å². The second-order valence-electron chi connectivity index (χ2n) is 6.50. The summed E-state index contributed by atoms with van der Waals surface area (Å²) in [6.45, 7) is 3.34. The van der Waals surface area contributed by atoms with Crippen LogP contribution >= 0.6 is 11.3 Å². The van der Waals surface area contributed by atoms with Crippen LogP contribution in [0.4, 0.5) is 5.69 Å². The van der Waals surface area contributed by atoms with Crippen molar-refractivity contribution in [3.8, 4) is 10.6 Å². The second-order valence-corrected chi connectivity index (χ2v) is 7.44. The van der Waals surface area contributed by atoms with Gasteiger partial charge in [-0.15, -0.1) is 11.3 Å². The van der Waals surface area contributed by atoms with Gasteiger partial charge in [-0.1, -0.05) is 18.2 Å². The summed E-state index contributed by atoms with van der Waals surface area (Å²) in [5.74, 6) is -0.400. The molecule has 0 unspecified atom stereocenters. The maximum Gasteiger partial charge on any atom is 0.256 e. The molecule has 0 aliphatic rings. The Kier molecular flexibility index (Phi) is 4.52. The van der Waals surface area contributed by atoms with Gasteiger partial charge in [0.15, 0.2) is 11.4 Å². The Morgan fingerprint density at radius 3 is 2.61 bits per heavy atom. The number of thiophene rings is 1. The molecule has 0 aliphatic heterocycles. The van der Waals surface area contributed by atoms with Gasteiger partial charge in [-0.05, 0) is 43.5 Å². The smallest absolute Gasteiger partial charge is 0.256 e. The number of aromatic nitrogens is 3. The average Bonchev–Trinajstić information content (AvgIpc) is 3.30. The molecule has 0 fully saturated rings. The number of hydrogen-bond donors (Lipinski definition) is 1. The molecule has 0 bridgehead atoms. The molecular formula is C21H18N4O2S. The van der Waals surface area contributed by atoms with Gasteiger partial charge in [0.05, 0.1) is 32.9 Å². The van der Waals surface area contributed by atoms with E-state index in [2.05, 4.69) is 10.4 Å². The van der Waals surface area contributed by atoms with Crippen LogP contribution in [0.2, 0.25) is 0 Å². The molecule has 1 aromatic carbocycles. The number of nitrogens with zero attached hydrogens (tertiary/aromatic N) is 3. The van der Waals surface area contributed by atoms with Gasteiger partial charge in [0.25, 0.3) is 5.91 Å². The Morgan fingerprint density at radius 1 is 1.11 bits per heavy atom. The molecule has 0 saturated carbocycles. The molecule has 0 spiro atoms. The third kappa shape index (κ3) is 3.10. The SMILES string of the molecule is CC(=O)c1ccccc1NC(=O)c1cc(-c2cccs2)nc2c1c(C)nn2C. The van der Waals surface area contributed by atoms with E-state index in [0.29, 0.717) is 27.8 Å². The summed E-state index contributed by atoms with van der Waals surface area (Å²) in [5, 5.41) is 10.00. The maximum absolute atomic E-state index is 13.2. The molecule has 6 nitrogen and oxygen atoms in total. The number of fused-ring (bicyclic) bond motifs is 1. The third-order valence-corrected chi connectivity index (χ3v) is 5.43. The molecule has 0 saturated heterocycles. The summed E-state index contributed by atoms with van der Waals surface area (Å²) in [7, 11) is 1.81. The fraction of sp³-hybridized carbons (Fsp3) is 0.143. The van der Waals surface area contributed by atoms with E-state index in [-0.39, 0.29) is 11.7 Å². The average molecular weight is 390 g/mol. The van der Waals surface area contributed by atoms with E-state index >= 15 is 0 Å². The summed E-state index contributed by atoms with van der Waals surface area (Å²) in [6, 6.07) is 12.7. The van der Waals surface area contributed by atoms with Crippen molar-refractivity contribution in [3.05, 3.63) is 64.7 Å². The summed E-state index contributed by atoms with van der Waals surface area (Å²) < 4.78 is 1.68. The Morgan fingerprint density at radius 2 is 1.89 bits per heavy atom. The predicted octanol–water partition coefficient (Wildman–Crippen LogP) is 4.46. The molecule has 4 aromatic rings. The third-order valence-electron chi connectivity index (χ3n) is 4.54. The maximum atomic E-state index is 13.2. The molecule has 7 heteroatoms. The topological polar surface area (TPSA) is 76.9 Å². The number of rotatable bonds is 4. The van der Waals surface area contributed by atoms with E-state index in [0.717, 1.165) is 16.3 Å². The number of para-hydroxylation sites is 1. The zero-order valence-electron chi connectivity index (χ0n) is 15.7. The molecule has 3 aromatic heterocycles. The first-order valence-electron chi connectivity index (χ1n) is 8.75. The minimum atomic E-state index is -0.296. The highest BCUT2D eigenvalue weighted by molar-refractivity contribution is 7.13. The lowest BCUT2D eigenvalue weighted by Gasteiger charge is -2.11. The first-order valence-corrected chi connectivity index (χ1v) is 9.63. The molecule has 0 aliphatic carbocycles. The zero-order valence-corrected chi connectivity index (χ0v) is 16.5. The number of aryl methyl sites for hydroxylation is 2. The van der Waals surface area contributed by atoms with Crippen molar-refractivity contribution in [3.63, 3.8) is 0 Å². The summed E-state index contributed by atoms with van der Waals surface area (Å²) in [4.78, 5) is 30.8. The van der Waals surface area contributed by atoms with Gasteiger partial charge in [0, 0.05) is 12.6 Å². The molecule has 0 radical (unpaired) electrons. The van der Waals surface area contributed by atoms with Gasteiger partial charge in [0.2, 0.25) is 0 Å². The van der Waals surface area contributed by atoms with E-state index in [1.54, 1.807) is 46.4 Å². The largest absolute Gasteiger partial charge is 0.321 e. The number of nitrogens with one attached hydrogen (secondary N) is 1. The predicted molar refractivity (Wildman–Crippen MR) is 111 cm³/mol. The monoisotopic (exact) mass is 390 g/mol. The summed E-state index contributed by atoms with van der Waals surface area (Å²) in [6.07, 6.45) is 0. The van der Waals surface area contributed by atoms with Crippen molar-refractivity contribution in [2.75, 3.05) is 5.32 Å². The second kappa shape index (κ2) is 7.01. The van der Waals surface area contributed by atoms with Crippen LogP contribution in [-0.4, -0.2) is 26.5 Å². The lowest BCUT2D eigenvalue weighted by molar-refractivity contribution is 0.101. The number of ketones is 1. The molecule has 1 N–H and O–H groups in total. The van der Waals surface area contributed by atoms with Crippen LogP contribution in [0.25, 0.3) is 21.6 Å². The van der Waals surface area contributed by atoms with Crippen LogP contribution in [0.15, 0.2) is 47.8 Å². The molecule has 3 heterocycles. The Hall–Kier alpha value is -3.32. The molecule has 28 heavy (non-hydrogen) atoms. The van der Waals surface area contributed by atoms with Gasteiger partial charge < -0.3 is 5.32 Å². The van der Waals surface area contributed by atoms with Crippen LogP contribution in [0.3, 0.4) is 0 Å². The van der Waals surface area contributed by atoms with Gasteiger partial charge in [-0.2, -0.15) is 5.10 Å². The lowest BCUT2D eigenvalue weighted by atomic mass is 10.1. The standard InChI is InChI=1S/C21H18N4O2S/c1-12-19-15(21(27)23-16-8-5-4-7-14(16)13(2)26)11-17(18-9-6-10-28-18)22-20(19)25(3)24-12/h4-11H,1-3H3,(H,23,27). The fourth-order valence-electron chi connectivity index (χ4n) is 3.26. The Labute approximate surface area is 165 Å². The Balaban J connectivity index is 1.86. The zero-order chi connectivity index (χ0) is 19.8. The van der Waals surface area contributed by atoms with Gasteiger partial charge in [-0.3, -0.25) is 14.3 Å². The number of carbonyl (C=O) groups excluding carboxylic acids is 2. The number of benzene rings is 1. The normalized spacial score (nSPS) is 11.0. The highest BCUT2D eigenvalue weighted by atomic mass is 32.1. The molecule has 4 rings (SSSR count). The number of carbonyl (C=O) groups is 2. The number of amides is 1. The number of anilines is 1. The van der Waals surface area contributed by atoms with Crippen molar-refractivity contribution in [1.29, 1.82) is 0 Å². The lowest BCUT2D eigenvalue weighted by Crippen LogP contribution is -2.15. The highest BCUT2D eigenvalue weighted by Gasteiger charge is 2.20. The quantitative estimate of drug-likeness (QED) is 0.522. The fourth-order valence-corrected chi connectivity index (χ4v) is 3.95. The molecule has 140 valence electrons. The van der Waals surface area contributed by atoms with Crippen LogP contribution in [-0.2, 0) is 7.05 Å². The van der Waals surface area contributed by atoms with E-state index in [1.807, 2.05) is 31.5 Å². The van der Waals surface area contributed by atoms with Gasteiger partial charge in [0.1, 0.15) is 0 Å². The van der Waals surface area contributed by atoms with Gasteiger partial charge in [-0.25, -0.2) is 4.98 Å². The molecule has 0 atom stereocenters. The molecular weight excluding hydrogens is 372 g/mol. The van der Waals surface area contributed by atoms with Crippen molar-refractivity contribution < 1.29 is 9.59 Å². The van der Waals surface area contributed by atoms with Crippen molar-refractivity contribution in [2.24, 2.45) is 7.05 Å². The summed E-state index contributed by atoms with van der Waals surface area (Å²) >= 11 is 1.56. The Bertz CT molecular complexity index is 1210. The van der Waals surface area contributed by atoms with E-state index < -0.39 is 0 Å². The van der Waals surface area contributed by atoms with E-state index in [4.69, 9.17) is 4.98 Å². The minimum Gasteiger partial charge on any atom is -0.321 e. The first kappa shape index (κ1) is 18.1. The van der Waals surface area contributed by atoms with Gasteiger partial charge >= 0.3 is 0 Å². The molecule has 1 amide bonds. The summed E-state index contributed by atoms with van der Waals surface area (Å²) in [5.41, 5.74) is 3.54. The number of pyridine rings is 1. The first-order chi connectivity index (χ1) is 13.5. The van der Waals surface area contributed by atoms with Crippen LogP contribution in [0.5, 0.6) is 0 Å². The minimum absolute atomic E-state index is 0.104. The van der Waals surface area contributed by atoms with Crippen LogP contribution in [0.1, 0.15) is 33.3 Å². The number of hydrogen-bond acceptors (Lipinski definition) is 5. The van der Waals surface area contributed by atoms with Crippen LogP contribution in [0, 0.1) is 6.92 Å².